The molecular formula is C19H20ClN5O2. The predicted octanol–water partition coefficient (Wildman–Crippen LogP) is 2.86. The minimum absolute atomic E-state index is 0.159. The van der Waals surface area contributed by atoms with Gasteiger partial charge in [-0.1, -0.05) is 30.7 Å². The summed E-state index contributed by atoms with van der Waals surface area (Å²) < 4.78 is 6.64. The lowest BCUT2D eigenvalue weighted by molar-refractivity contribution is 0.0953. The van der Waals surface area contributed by atoms with Gasteiger partial charge in [-0.3, -0.25) is 4.79 Å². The predicted molar refractivity (Wildman–Crippen MR) is 103 cm³/mol. The highest BCUT2D eigenvalue weighted by molar-refractivity contribution is 6.30. The van der Waals surface area contributed by atoms with Crippen LogP contribution >= 0.6 is 11.6 Å². The minimum atomic E-state index is -0.159. The van der Waals surface area contributed by atoms with Crippen molar-refractivity contribution >= 4 is 17.5 Å². The summed E-state index contributed by atoms with van der Waals surface area (Å²) in [6.45, 7) is 2.49. The molecule has 7 nitrogen and oxygen atoms in total. The highest BCUT2D eigenvalue weighted by Gasteiger charge is 2.17. The molecule has 140 valence electrons. The first-order valence-corrected chi connectivity index (χ1v) is 8.97. The van der Waals surface area contributed by atoms with E-state index in [-0.39, 0.29) is 5.91 Å². The third-order valence-electron chi connectivity index (χ3n) is 4.11. The molecule has 2 heterocycles. The van der Waals surface area contributed by atoms with Crippen molar-refractivity contribution in [2.75, 3.05) is 13.7 Å². The molecule has 3 rings (SSSR count). The fourth-order valence-corrected chi connectivity index (χ4v) is 2.83. The molecular weight excluding hydrogens is 366 g/mol. The van der Waals surface area contributed by atoms with Crippen LogP contribution < -0.4 is 10.1 Å². The third kappa shape index (κ3) is 4.43. The fraction of sp³-hybridized carbons (Fsp3) is 0.263. The second-order valence-electron chi connectivity index (χ2n) is 5.84. The topological polar surface area (TPSA) is 81.9 Å². The molecule has 3 aromatic rings. The first-order valence-electron chi connectivity index (χ1n) is 8.60. The number of carbonyl (C=O) groups excluding carboxylic acids is 1. The van der Waals surface area contributed by atoms with Crippen LogP contribution in [0.3, 0.4) is 0 Å². The Labute approximate surface area is 162 Å². The van der Waals surface area contributed by atoms with Gasteiger partial charge in [0.05, 0.1) is 24.6 Å². The number of hydrogen-bond donors (Lipinski definition) is 1. The standard InChI is InChI=1S/C19H20ClN5O2/c1-3-16-15(12-22-25(16)17-8-9-18(27-2)24-23-17)19(26)21-11-10-13-4-6-14(20)7-5-13/h4-9,12H,3,10-11H2,1-2H3,(H,21,26). The molecule has 27 heavy (non-hydrogen) atoms. The van der Waals surface area contributed by atoms with Crippen molar-refractivity contribution in [1.82, 2.24) is 25.3 Å². The van der Waals surface area contributed by atoms with Gasteiger partial charge in [0.2, 0.25) is 5.88 Å². The van der Waals surface area contributed by atoms with Crippen LogP contribution in [0.1, 0.15) is 28.5 Å². The molecule has 2 aromatic heterocycles. The maximum Gasteiger partial charge on any atom is 0.254 e. The Morgan fingerprint density at radius 1 is 1.19 bits per heavy atom. The van der Waals surface area contributed by atoms with Crippen LogP contribution in [-0.4, -0.2) is 39.5 Å². The van der Waals surface area contributed by atoms with Crippen molar-refractivity contribution in [2.45, 2.75) is 19.8 Å². The van der Waals surface area contributed by atoms with Crippen LogP contribution in [-0.2, 0) is 12.8 Å². The summed E-state index contributed by atoms with van der Waals surface area (Å²) in [6, 6.07) is 11.0. The molecule has 1 N–H and O–H groups in total. The molecule has 0 bridgehead atoms. The Bertz CT molecular complexity index is 907. The lowest BCUT2D eigenvalue weighted by atomic mass is 10.1. The summed E-state index contributed by atoms with van der Waals surface area (Å²) in [5, 5.41) is 16.0. The second-order valence-corrected chi connectivity index (χ2v) is 6.27. The van der Waals surface area contributed by atoms with Gasteiger partial charge in [-0.2, -0.15) is 5.10 Å². The lowest BCUT2D eigenvalue weighted by Crippen LogP contribution is -2.26. The number of benzene rings is 1. The van der Waals surface area contributed by atoms with Gasteiger partial charge in [0, 0.05) is 17.6 Å². The Morgan fingerprint density at radius 2 is 1.96 bits per heavy atom. The van der Waals surface area contributed by atoms with Gasteiger partial charge < -0.3 is 10.1 Å². The average Bonchev–Trinajstić information content (AvgIpc) is 3.13. The van der Waals surface area contributed by atoms with E-state index in [9.17, 15) is 4.79 Å². The summed E-state index contributed by atoms with van der Waals surface area (Å²) >= 11 is 5.88. The Kier molecular flexibility index (Phi) is 6.03. The van der Waals surface area contributed by atoms with E-state index >= 15 is 0 Å². The number of carbonyl (C=O) groups is 1. The zero-order chi connectivity index (χ0) is 19.2. The quantitative estimate of drug-likeness (QED) is 0.676. The van der Waals surface area contributed by atoms with Gasteiger partial charge in [0.15, 0.2) is 5.82 Å². The summed E-state index contributed by atoms with van der Waals surface area (Å²) in [5.41, 5.74) is 2.42. The van der Waals surface area contributed by atoms with E-state index in [1.165, 1.54) is 7.11 Å². The average molecular weight is 386 g/mol. The molecule has 0 aliphatic heterocycles. The summed E-state index contributed by atoms with van der Waals surface area (Å²) in [4.78, 5) is 12.6. The van der Waals surface area contributed by atoms with E-state index in [0.717, 1.165) is 17.7 Å². The number of nitrogens with one attached hydrogen (secondary N) is 1. The Balaban J connectivity index is 1.69. The molecule has 0 spiro atoms. The number of nitrogens with zero attached hydrogens (tertiary/aromatic N) is 4. The van der Waals surface area contributed by atoms with Crippen LogP contribution in [0.2, 0.25) is 5.02 Å². The minimum Gasteiger partial charge on any atom is -0.480 e. The Hall–Kier alpha value is -2.93. The number of rotatable bonds is 7. The lowest BCUT2D eigenvalue weighted by Gasteiger charge is -2.08. The maximum atomic E-state index is 12.6. The molecule has 0 saturated heterocycles. The van der Waals surface area contributed by atoms with Crippen molar-refractivity contribution in [3.8, 4) is 11.7 Å². The maximum absolute atomic E-state index is 12.6. The molecule has 0 radical (unpaired) electrons. The van der Waals surface area contributed by atoms with E-state index in [4.69, 9.17) is 16.3 Å². The van der Waals surface area contributed by atoms with Crippen molar-refractivity contribution in [1.29, 1.82) is 0 Å². The molecule has 1 aromatic carbocycles. The number of methoxy groups -OCH3 is 1. The third-order valence-corrected chi connectivity index (χ3v) is 4.36. The smallest absolute Gasteiger partial charge is 0.254 e. The van der Waals surface area contributed by atoms with E-state index < -0.39 is 0 Å². The summed E-state index contributed by atoms with van der Waals surface area (Å²) in [7, 11) is 1.53. The van der Waals surface area contributed by atoms with Crippen molar-refractivity contribution in [3.05, 3.63) is 64.4 Å². The molecule has 0 aliphatic rings. The number of amides is 1. The number of ether oxygens (including phenoxy) is 1. The van der Waals surface area contributed by atoms with Gasteiger partial charge in [-0.25, -0.2) is 4.68 Å². The van der Waals surface area contributed by atoms with Crippen molar-refractivity contribution in [3.63, 3.8) is 0 Å². The van der Waals surface area contributed by atoms with E-state index in [1.807, 2.05) is 31.2 Å². The van der Waals surface area contributed by atoms with Crippen LogP contribution in [0, 0.1) is 0 Å². The first kappa shape index (κ1) is 18.8. The summed E-state index contributed by atoms with van der Waals surface area (Å²) in [6.07, 6.45) is 2.92. The van der Waals surface area contributed by atoms with Crippen LogP contribution in [0.15, 0.2) is 42.6 Å². The van der Waals surface area contributed by atoms with Crippen LogP contribution in [0.25, 0.3) is 5.82 Å². The molecule has 1 amide bonds. The van der Waals surface area contributed by atoms with Crippen LogP contribution in [0.4, 0.5) is 0 Å². The normalized spacial score (nSPS) is 10.6. The van der Waals surface area contributed by atoms with E-state index in [1.54, 1.807) is 23.0 Å². The molecule has 0 unspecified atom stereocenters. The molecule has 0 aliphatic carbocycles. The van der Waals surface area contributed by atoms with E-state index in [0.29, 0.717) is 35.2 Å². The molecule has 8 heteroatoms. The molecule has 0 fully saturated rings. The molecule has 0 atom stereocenters. The monoisotopic (exact) mass is 385 g/mol. The second kappa shape index (κ2) is 8.64. The Morgan fingerprint density at radius 3 is 2.59 bits per heavy atom. The fourth-order valence-electron chi connectivity index (χ4n) is 2.70. The van der Waals surface area contributed by atoms with Gasteiger partial charge >= 0.3 is 0 Å². The number of hydrogen-bond acceptors (Lipinski definition) is 5. The zero-order valence-corrected chi connectivity index (χ0v) is 15.9. The highest BCUT2D eigenvalue weighted by Crippen LogP contribution is 2.15. The SMILES string of the molecule is CCc1c(C(=O)NCCc2ccc(Cl)cc2)cnn1-c1ccc(OC)nn1. The van der Waals surface area contributed by atoms with Crippen molar-refractivity contribution in [2.24, 2.45) is 0 Å². The van der Waals surface area contributed by atoms with Crippen LogP contribution in [0.5, 0.6) is 5.88 Å². The largest absolute Gasteiger partial charge is 0.480 e. The number of aromatic nitrogens is 4. The van der Waals surface area contributed by atoms with E-state index in [2.05, 4.69) is 20.6 Å². The van der Waals surface area contributed by atoms with Gasteiger partial charge in [-0.15, -0.1) is 10.2 Å². The van der Waals surface area contributed by atoms with Gasteiger partial charge in [0.1, 0.15) is 0 Å². The van der Waals surface area contributed by atoms with Gasteiger partial charge in [-0.05, 0) is 36.6 Å². The van der Waals surface area contributed by atoms with Crippen molar-refractivity contribution < 1.29 is 9.53 Å². The van der Waals surface area contributed by atoms with Gasteiger partial charge in [0.25, 0.3) is 5.91 Å². The molecule has 0 saturated carbocycles. The number of halogens is 1. The first-order chi connectivity index (χ1) is 13.1. The zero-order valence-electron chi connectivity index (χ0n) is 15.1. The highest BCUT2D eigenvalue weighted by atomic mass is 35.5. The summed E-state index contributed by atoms with van der Waals surface area (Å²) in [5.74, 6) is 0.797.